The third kappa shape index (κ3) is 9.43. The first-order valence-corrected chi connectivity index (χ1v) is 17.4. The normalized spacial score (nSPS) is 14.1. The van der Waals surface area contributed by atoms with Gasteiger partial charge in [-0.3, -0.25) is 9.59 Å². The topological polar surface area (TPSA) is 114 Å². The van der Waals surface area contributed by atoms with Gasteiger partial charge >= 0.3 is 0 Å². The van der Waals surface area contributed by atoms with Crippen LogP contribution in [0.3, 0.4) is 0 Å². The number of carbonyl (C=O) groups is 2. The minimum absolute atomic E-state index is 0.138. The molecule has 0 unspecified atom stereocenters. The second-order valence-corrected chi connectivity index (χ2v) is 13.3. The predicted molar refractivity (Wildman–Crippen MR) is 182 cm³/mol. The Morgan fingerprint density at radius 2 is 1.42 bits per heavy atom. The fourth-order valence-corrected chi connectivity index (χ4v) is 6.85. The average molecular weight is 672 g/mol. The van der Waals surface area contributed by atoms with E-state index in [0.29, 0.717) is 57.2 Å². The Hall–Kier alpha value is -4.71. The molecule has 1 saturated heterocycles. The summed E-state index contributed by atoms with van der Waals surface area (Å²) in [4.78, 5) is 29.5. The van der Waals surface area contributed by atoms with E-state index >= 15 is 0 Å². The number of hydrogen-bond acceptors (Lipinski definition) is 7. The maximum Gasteiger partial charge on any atom is 0.261 e. The van der Waals surface area contributed by atoms with Crippen molar-refractivity contribution >= 4 is 21.8 Å². The van der Waals surface area contributed by atoms with E-state index in [0.717, 1.165) is 16.7 Å². The summed E-state index contributed by atoms with van der Waals surface area (Å²) in [6.07, 6.45) is 0.950. The largest absolute Gasteiger partial charge is 0.497 e. The number of ether oxygens (including phenoxy) is 3. The molecule has 252 valence electrons. The molecule has 5 rings (SSSR count). The number of nitrogens with zero attached hydrogens (tertiary/aromatic N) is 2. The van der Waals surface area contributed by atoms with E-state index < -0.39 is 22.0 Å². The molecule has 48 heavy (non-hydrogen) atoms. The molecule has 1 atom stereocenters. The molecule has 10 nitrogen and oxygen atoms in total. The van der Waals surface area contributed by atoms with E-state index in [-0.39, 0.29) is 24.0 Å². The number of methoxy groups -OCH3 is 1. The van der Waals surface area contributed by atoms with Crippen LogP contribution < -0.4 is 14.8 Å². The Kier molecular flexibility index (Phi) is 12.2. The summed E-state index contributed by atoms with van der Waals surface area (Å²) < 4.78 is 43.9. The molecule has 0 radical (unpaired) electrons. The van der Waals surface area contributed by atoms with Crippen molar-refractivity contribution in [3.63, 3.8) is 0 Å². The van der Waals surface area contributed by atoms with Gasteiger partial charge in [0.15, 0.2) is 6.61 Å². The molecule has 2 amide bonds. The summed E-state index contributed by atoms with van der Waals surface area (Å²) in [5.74, 6) is 0.350. The highest BCUT2D eigenvalue weighted by atomic mass is 32.2. The molecule has 1 heterocycles. The van der Waals surface area contributed by atoms with E-state index in [9.17, 15) is 18.0 Å². The number of benzene rings is 4. The summed E-state index contributed by atoms with van der Waals surface area (Å²) in [7, 11) is -2.08. The average Bonchev–Trinajstić information content (AvgIpc) is 3.13. The van der Waals surface area contributed by atoms with Crippen molar-refractivity contribution in [3.8, 4) is 11.5 Å². The van der Waals surface area contributed by atoms with Crippen molar-refractivity contribution in [2.24, 2.45) is 0 Å². The Bertz CT molecular complexity index is 1710. The molecule has 1 aliphatic rings. The monoisotopic (exact) mass is 671 g/mol. The van der Waals surface area contributed by atoms with Crippen LogP contribution in [0.5, 0.6) is 11.5 Å². The van der Waals surface area contributed by atoms with Gasteiger partial charge in [-0.1, -0.05) is 72.8 Å². The number of hydrogen-bond donors (Lipinski definition) is 1. The van der Waals surface area contributed by atoms with Crippen molar-refractivity contribution in [1.82, 2.24) is 14.5 Å². The van der Waals surface area contributed by atoms with Crippen LogP contribution in [-0.4, -0.2) is 82.0 Å². The van der Waals surface area contributed by atoms with Crippen molar-refractivity contribution < 1.29 is 32.2 Å². The van der Waals surface area contributed by atoms with Crippen LogP contribution in [0.4, 0.5) is 0 Å². The van der Waals surface area contributed by atoms with Crippen LogP contribution in [0.15, 0.2) is 114 Å². The van der Waals surface area contributed by atoms with Crippen molar-refractivity contribution in [1.29, 1.82) is 0 Å². The number of rotatable bonds is 15. The Balaban J connectivity index is 1.34. The molecule has 0 bridgehead atoms. The van der Waals surface area contributed by atoms with Crippen LogP contribution in [0.2, 0.25) is 0 Å². The second-order valence-electron chi connectivity index (χ2n) is 11.4. The zero-order chi connectivity index (χ0) is 33.8. The molecule has 0 saturated carbocycles. The Labute approximate surface area is 282 Å². The first-order chi connectivity index (χ1) is 23.3. The highest BCUT2D eigenvalue weighted by Crippen LogP contribution is 2.22. The number of amides is 2. The molecule has 1 fully saturated rings. The third-order valence-corrected chi connectivity index (χ3v) is 10.0. The quantitative estimate of drug-likeness (QED) is 0.203. The van der Waals surface area contributed by atoms with E-state index in [4.69, 9.17) is 14.2 Å². The highest BCUT2D eigenvalue weighted by Gasteiger charge is 2.31. The van der Waals surface area contributed by atoms with Crippen LogP contribution in [0.25, 0.3) is 0 Å². The lowest BCUT2D eigenvalue weighted by Gasteiger charge is -2.31. The van der Waals surface area contributed by atoms with Gasteiger partial charge in [0.2, 0.25) is 15.9 Å². The van der Waals surface area contributed by atoms with E-state index in [1.807, 2.05) is 84.9 Å². The van der Waals surface area contributed by atoms with E-state index in [2.05, 4.69) is 5.32 Å². The number of carbonyl (C=O) groups excluding carboxylic acids is 2. The van der Waals surface area contributed by atoms with Gasteiger partial charge in [-0.15, -0.1) is 0 Å². The molecule has 1 aliphatic heterocycles. The summed E-state index contributed by atoms with van der Waals surface area (Å²) in [5.41, 5.74) is 2.82. The molecule has 4 aromatic rings. The van der Waals surface area contributed by atoms with E-state index in [1.54, 1.807) is 12.0 Å². The summed E-state index contributed by atoms with van der Waals surface area (Å²) in [6.45, 7) is 1.51. The number of morpholine rings is 1. The standard InChI is InChI=1S/C37H41N3O7S/c1-45-32-14-12-31(13-15-32)27-40(35(26-30-10-6-3-7-11-30)37(42)38-21-20-29-8-4-2-5-9-29)36(41)28-47-33-16-18-34(19-17-33)48(43,44)39-22-24-46-25-23-39/h2-19,35H,20-28H2,1H3,(H,38,42)/t35-/m1/s1. The molecule has 4 aromatic carbocycles. The molecule has 0 spiro atoms. The van der Waals surface area contributed by atoms with Crippen LogP contribution in [-0.2, 0) is 43.7 Å². The summed E-state index contributed by atoms with van der Waals surface area (Å²) in [5, 5.41) is 3.05. The molecule has 1 N–H and O–H groups in total. The maximum atomic E-state index is 14.0. The lowest BCUT2D eigenvalue weighted by molar-refractivity contribution is -0.142. The highest BCUT2D eigenvalue weighted by molar-refractivity contribution is 7.89. The summed E-state index contributed by atoms with van der Waals surface area (Å²) >= 11 is 0. The number of nitrogens with one attached hydrogen (secondary N) is 1. The molecule has 11 heteroatoms. The molecule has 0 aliphatic carbocycles. The minimum Gasteiger partial charge on any atom is -0.497 e. The van der Waals surface area contributed by atoms with Crippen molar-refractivity contribution in [2.45, 2.75) is 30.3 Å². The van der Waals surface area contributed by atoms with Crippen molar-refractivity contribution in [3.05, 3.63) is 126 Å². The maximum absolute atomic E-state index is 14.0. The van der Waals surface area contributed by atoms with Gasteiger partial charge < -0.3 is 24.4 Å². The SMILES string of the molecule is COc1ccc(CN(C(=O)COc2ccc(S(=O)(=O)N3CCOCC3)cc2)[C@H](Cc2ccccc2)C(=O)NCCc2ccccc2)cc1. The Morgan fingerprint density at radius 1 is 0.812 bits per heavy atom. The van der Waals surface area contributed by atoms with Crippen LogP contribution in [0.1, 0.15) is 16.7 Å². The lowest BCUT2D eigenvalue weighted by Crippen LogP contribution is -2.52. The number of sulfonamides is 1. The fraction of sp³-hybridized carbons (Fsp3) is 0.297. The second kappa shape index (κ2) is 16.9. The van der Waals surface area contributed by atoms with Crippen LogP contribution >= 0.6 is 0 Å². The first-order valence-electron chi connectivity index (χ1n) is 15.9. The fourth-order valence-electron chi connectivity index (χ4n) is 5.45. The third-order valence-electron chi connectivity index (χ3n) is 8.13. The smallest absolute Gasteiger partial charge is 0.261 e. The molecular formula is C37H41N3O7S. The van der Waals surface area contributed by atoms with Gasteiger partial charge in [-0.2, -0.15) is 4.31 Å². The Morgan fingerprint density at radius 3 is 2.04 bits per heavy atom. The zero-order valence-corrected chi connectivity index (χ0v) is 27.8. The van der Waals surface area contributed by atoms with Gasteiger partial charge in [0.05, 0.1) is 25.2 Å². The van der Waals surface area contributed by atoms with Crippen molar-refractivity contribution in [2.75, 3.05) is 46.6 Å². The van der Waals surface area contributed by atoms with E-state index in [1.165, 1.54) is 28.6 Å². The first kappa shape index (κ1) is 34.6. The molecular weight excluding hydrogens is 630 g/mol. The van der Waals surface area contributed by atoms with Gasteiger partial charge in [0.1, 0.15) is 17.5 Å². The van der Waals surface area contributed by atoms with Gasteiger partial charge in [0.25, 0.3) is 5.91 Å². The molecule has 0 aromatic heterocycles. The van der Waals surface area contributed by atoms with Gasteiger partial charge in [-0.05, 0) is 59.5 Å². The predicted octanol–water partition coefficient (Wildman–Crippen LogP) is 4.09. The van der Waals surface area contributed by atoms with Gasteiger partial charge in [-0.25, -0.2) is 8.42 Å². The minimum atomic E-state index is -3.67. The van der Waals surface area contributed by atoms with Gasteiger partial charge in [0, 0.05) is 32.6 Å². The summed E-state index contributed by atoms with van der Waals surface area (Å²) in [6, 6.07) is 32.0. The van der Waals surface area contributed by atoms with Crippen LogP contribution in [0, 0.1) is 0 Å². The zero-order valence-electron chi connectivity index (χ0n) is 27.0. The lowest BCUT2D eigenvalue weighted by atomic mass is 10.0.